The van der Waals surface area contributed by atoms with E-state index in [1.807, 2.05) is 0 Å². The van der Waals surface area contributed by atoms with Crippen molar-refractivity contribution >= 4 is 0 Å². The van der Waals surface area contributed by atoms with Crippen LogP contribution in [0, 0.1) is 0 Å². The zero-order valence-electron chi connectivity index (χ0n) is 6.30. The molecule has 0 aromatic heterocycles. The van der Waals surface area contributed by atoms with E-state index >= 15 is 0 Å². The number of nitrogens with two attached hydrogens (primary N) is 1. The maximum absolute atomic E-state index is 8.92. The largest absolute Gasteiger partial charge is 0.392 e. The molecule has 0 aromatic carbocycles. The molecule has 0 saturated heterocycles. The van der Waals surface area contributed by atoms with Crippen LogP contribution in [-0.2, 0) is 0 Å². The predicted octanol–water partition coefficient (Wildman–Crippen LogP) is 0.885. The van der Waals surface area contributed by atoms with Gasteiger partial charge in [-0.05, 0) is 13.3 Å². The summed E-state index contributed by atoms with van der Waals surface area (Å²) >= 11 is 0. The van der Waals surface area contributed by atoms with E-state index in [1.54, 1.807) is 6.92 Å². The van der Waals surface area contributed by atoms with Gasteiger partial charge in [0, 0.05) is 6.04 Å². The molecule has 56 valence electrons. The van der Waals surface area contributed by atoms with Crippen LogP contribution in [0.3, 0.4) is 0 Å². The van der Waals surface area contributed by atoms with E-state index in [0.717, 1.165) is 19.3 Å². The van der Waals surface area contributed by atoms with Gasteiger partial charge in [-0.3, -0.25) is 0 Å². The van der Waals surface area contributed by atoms with Crippen molar-refractivity contribution < 1.29 is 5.11 Å². The van der Waals surface area contributed by atoms with Gasteiger partial charge in [-0.2, -0.15) is 0 Å². The molecule has 0 radical (unpaired) electrons. The molecule has 0 amide bonds. The lowest BCUT2D eigenvalue weighted by atomic mass is 10.1. The molecule has 0 aliphatic carbocycles. The third-order valence-corrected chi connectivity index (χ3v) is 1.51. The van der Waals surface area contributed by atoms with Crippen molar-refractivity contribution in [2.24, 2.45) is 5.73 Å². The maximum atomic E-state index is 8.92. The van der Waals surface area contributed by atoms with Crippen molar-refractivity contribution in [2.45, 2.75) is 45.3 Å². The second-order valence-corrected chi connectivity index (χ2v) is 2.55. The van der Waals surface area contributed by atoms with E-state index in [0.29, 0.717) is 0 Å². The van der Waals surface area contributed by atoms with Crippen LogP contribution < -0.4 is 5.73 Å². The van der Waals surface area contributed by atoms with Crippen molar-refractivity contribution in [2.75, 3.05) is 0 Å². The van der Waals surface area contributed by atoms with E-state index < -0.39 is 0 Å². The molecule has 2 nitrogen and oxygen atoms in total. The minimum Gasteiger partial charge on any atom is -0.392 e. The average Bonchev–Trinajstić information content (AvgIpc) is 1.82. The second-order valence-electron chi connectivity index (χ2n) is 2.55. The minimum atomic E-state index is -0.350. The highest BCUT2D eigenvalue weighted by atomic mass is 16.3. The molecule has 0 rings (SSSR count). The van der Waals surface area contributed by atoms with Crippen LogP contribution >= 0.6 is 0 Å². The Labute approximate surface area is 57.1 Å². The molecule has 0 aromatic rings. The maximum Gasteiger partial charge on any atom is 0.0662 e. The van der Waals surface area contributed by atoms with Crippen LogP contribution in [0.5, 0.6) is 0 Å². The number of aliphatic hydroxyl groups excluding tert-OH is 1. The van der Waals surface area contributed by atoms with E-state index in [9.17, 15) is 0 Å². The predicted molar refractivity (Wildman–Crippen MR) is 39.2 cm³/mol. The topological polar surface area (TPSA) is 46.2 Å². The highest BCUT2D eigenvalue weighted by molar-refractivity contribution is 4.66. The lowest BCUT2D eigenvalue weighted by molar-refractivity contribution is 0.158. The highest BCUT2D eigenvalue weighted by Gasteiger charge is 2.06. The van der Waals surface area contributed by atoms with Crippen LogP contribution in [0.25, 0.3) is 0 Å². The summed E-state index contributed by atoms with van der Waals surface area (Å²) in [6.45, 7) is 3.86. The summed E-state index contributed by atoms with van der Waals surface area (Å²) in [5, 5.41) is 8.92. The third kappa shape index (κ3) is 4.43. The van der Waals surface area contributed by atoms with Gasteiger partial charge in [0.2, 0.25) is 0 Å². The summed E-state index contributed by atoms with van der Waals surface area (Å²) in [5.74, 6) is 0. The second kappa shape index (κ2) is 4.77. The zero-order valence-corrected chi connectivity index (χ0v) is 6.30. The first-order valence-electron chi connectivity index (χ1n) is 3.62. The fourth-order valence-electron chi connectivity index (χ4n) is 0.681. The lowest BCUT2D eigenvalue weighted by Gasteiger charge is -2.12. The standard InChI is InChI=1S/C7H17NO/c1-3-4-5-7(8)6(2)9/h6-7,9H,3-5,8H2,1-2H3/t6?,7-/m1/s1. The Balaban J connectivity index is 3.16. The molecule has 2 heteroatoms. The van der Waals surface area contributed by atoms with Gasteiger partial charge in [-0.25, -0.2) is 0 Å². The summed E-state index contributed by atoms with van der Waals surface area (Å²) in [6.07, 6.45) is 2.86. The van der Waals surface area contributed by atoms with Crippen molar-refractivity contribution in [3.63, 3.8) is 0 Å². The fourth-order valence-corrected chi connectivity index (χ4v) is 0.681. The molecule has 1 unspecified atom stereocenters. The lowest BCUT2D eigenvalue weighted by Crippen LogP contribution is -2.31. The van der Waals surface area contributed by atoms with Crippen molar-refractivity contribution in [1.29, 1.82) is 0 Å². The van der Waals surface area contributed by atoms with Crippen molar-refractivity contribution in [3.8, 4) is 0 Å². The molecule has 0 saturated carbocycles. The Morgan fingerprint density at radius 1 is 1.56 bits per heavy atom. The Bertz CT molecular complexity index is 63.9. The minimum absolute atomic E-state index is 0.0232. The quantitative estimate of drug-likeness (QED) is 0.595. The Morgan fingerprint density at radius 2 is 2.11 bits per heavy atom. The molecule has 0 aliphatic rings. The Kier molecular flexibility index (Phi) is 4.72. The monoisotopic (exact) mass is 131 g/mol. The van der Waals surface area contributed by atoms with Gasteiger partial charge < -0.3 is 10.8 Å². The van der Waals surface area contributed by atoms with E-state index in [2.05, 4.69) is 6.92 Å². The molecule has 0 heterocycles. The summed E-state index contributed by atoms with van der Waals surface area (Å²) in [4.78, 5) is 0. The van der Waals surface area contributed by atoms with E-state index in [1.165, 1.54) is 0 Å². The number of rotatable bonds is 4. The van der Waals surface area contributed by atoms with Crippen LogP contribution in [0.1, 0.15) is 33.1 Å². The van der Waals surface area contributed by atoms with Gasteiger partial charge in [0.05, 0.1) is 6.10 Å². The Morgan fingerprint density at radius 3 is 2.44 bits per heavy atom. The molecule has 3 N–H and O–H groups in total. The van der Waals surface area contributed by atoms with Gasteiger partial charge in [0.15, 0.2) is 0 Å². The average molecular weight is 131 g/mol. The first kappa shape index (κ1) is 8.92. The van der Waals surface area contributed by atoms with Gasteiger partial charge in [0.25, 0.3) is 0 Å². The number of aliphatic hydroxyl groups is 1. The molecule has 0 fully saturated rings. The highest BCUT2D eigenvalue weighted by Crippen LogP contribution is 2.00. The molecule has 9 heavy (non-hydrogen) atoms. The number of hydrogen-bond acceptors (Lipinski definition) is 2. The van der Waals surface area contributed by atoms with Crippen LogP contribution in [0.4, 0.5) is 0 Å². The summed E-state index contributed by atoms with van der Waals surface area (Å²) < 4.78 is 0. The first-order valence-corrected chi connectivity index (χ1v) is 3.62. The summed E-state index contributed by atoms with van der Waals surface area (Å²) in [7, 11) is 0. The third-order valence-electron chi connectivity index (χ3n) is 1.51. The van der Waals surface area contributed by atoms with Crippen LogP contribution in [0.15, 0.2) is 0 Å². The normalized spacial score (nSPS) is 17.3. The molecule has 2 atom stereocenters. The first-order chi connectivity index (χ1) is 4.18. The van der Waals surface area contributed by atoms with Gasteiger partial charge in [0.1, 0.15) is 0 Å². The Hall–Kier alpha value is -0.0800. The van der Waals surface area contributed by atoms with Gasteiger partial charge >= 0.3 is 0 Å². The molecule has 0 spiro atoms. The number of hydrogen-bond donors (Lipinski definition) is 2. The van der Waals surface area contributed by atoms with Crippen molar-refractivity contribution in [1.82, 2.24) is 0 Å². The molecule has 0 aliphatic heterocycles. The van der Waals surface area contributed by atoms with E-state index in [4.69, 9.17) is 10.8 Å². The van der Waals surface area contributed by atoms with Crippen LogP contribution in [-0.4, -0.2) is 17.3 Å². The van der Waals surface area contributed by atoms with Crippen molar-refractivity contribution in [3.05, 3.63) is 0 Å². The molecular weight excluding hydrogens is 114 g/mol. The zero-order chi connectivity index (χ0) is 7.28. The summed E-state index contributed by atoms with van der Waals surface area (Å²) in [6, 6.07) is -0.0232. The van der Waals surface area contributed by atoms with Gasteiger partial charge in [-0.15, -0.1) is 0 Å². The van der Waals surface area contributed by atoms with Gasteiger partial charge in [-0.1, -0.05) is 19.8 Å². The molecule has 0 bridgehead atoms. The van der Waals surface area contributed by atoms with E-state index in [-0.39, 0.29) is 12.1 Å². The molecular formula is C7H17NO. The fraction of sp³-hybridized carbons (Fsp3) is 1.00. The summed E-state index contributed by atoms with van der Waals surface area (Å²) in [5.41, 5.74) is 5.55. The smallest absolute Gasteiger partial charge is 0.0662 e. The van der Waals surface area contributed by atoms with Crippen LogP contribution in [0.2, 0.25) is 0 Å². The SMILES string of the molecule is CCCC[C@@H](N)C(C)O. The number of unbranched alkanes of at least 4 members (excludes halogenated alkanes) is 1.